The Labute approximate surface area is 106 Å². The number of ether oxygens (including phenoxy) is 3. The van der Waals surface area contributed by atoms with E-state index >= 15 is 0 Å². The predicted molar refractivity (Wildman–Crippen MR) is 70.5 cm³/mol. The van der Waals surface area contributed by atoms with Gasteiger partial charge in [0, 0.05) is 33.0 Å². The number of nitrogens with one attached hydrogen (secondary N) is 1. The molecule has 0 heterocycles. The molecule has 0 amide bonds. The molecule has 0 radical (unpaired) electrons. The van der Waals surface area contributed by atoms with Crippen molar-refractivity contribution in [3.05, 3.63) is 0 Å². The third-order valence-electron chi connectivity index (χ3n) is 2.28. The van der Waals surface area contributed by atoms with Gasteiger partial charge in [0.2, 0.25) is 0 Å². The number of hydrogen-bond acceptors (Lipinski definition) is 4. The molecule has 0 spiro atoms. The van der Waals surface area contributed by atoms with Crippen molar-refractivity contribution in [3.8, 4) is 0 Å². The second kappa shape index (κ2) is 13.9. The van der Waals surface area contributed by atoms with E-state index in [0.717, 1.165) is 39.2 Å². The first-order chi connectivity index (χ1) is 8.27. The Kier molecular flexibility index (Phi) is 13.8. The molecule has 4 heteroatoms. The van der Waals surface area contributed by atoms with E-state index in [1.165, 1.54) is 6.42 Å². The van der Waals surface area contributed by atoms with E-state index in [-0.39, 0.29) is 0 Å². The van der Waals surface area contributed by atoms with Crippen molar-refractivity contribution in [1.82, 2.24) is 5.32 Å². The second-order valence-electron chi connectivity index (χ2n) is 4.39. The van der Waals surface area contributed by atoms with Crippen molar-refractivity contribution in [2.24, 2.45) is 0 Å². The summed E-state index contributed by atoms with van der Waals surface area (Å²) in [5.74, 6) is 0. The molecular formula is C13H29NO3. The van der Waals surface area contributed by atoms with Gasteiger partial charge in [0.1, 0.15) is 0 Å². The highest BCUT2D eigenvalue weighted by atomic mass is 16.5. The maximum Gasteiger partial charge on any atom is 0.0700 e. The molecule has 0 atom stereocenters. The summed E-state index contributed by atoms with van der Waals surface area (Å²) in [4.78, 5) is 0. The van der Waals surface area contributed by atoms with Crippen LogP contribution in [-0.4, -0.2) is 52.7 Å². The topological polar surface area (TPSA) is 39.7 Å². The highest BCUT2D eigenvalue weighted by molar-refractivity contribution is 4.52. The van der Waals surface area contributed by atoms with Gasteiger partial charge in [0.15, 0.2) is 0 Å². The fraction of sp³-hybridized carbons (Fsp3) is 1.00. The fourth-order valence-electron chi connectivity index (χ4n) is 1.33. The molecule has 17 heavy (non-hydrogen) atoms. The summed E-state index contributed by atoms with van der Waals surface area (Å²) >= 11 is 0. The van der Waals surface area contributed by atoms with E-state index in [1.807, 2.05) is 0 Å². The van der Waals surface area contributed by atoms with E-state index in [1.54, 1.807) is 7.11 Å². The van der Waals surface area contributed by atoms with Crippen molar-refractivity contribution in [2.75, 3.05) is 46.7 Å². The molecule has 0 aromatic rings. The summed E-state index contributed by atoms with van der Waals surface area (Å²) in [6.07, 6.45) is 3.28. The van der Waals surface area contributed by atoms with Crippen LogP contribution in [0.5, 0.6) is 0 Å². The number of unbranched alkanes of at least 4 members (excludes halogenated alkanes) is 1. The van der Waals surface area contributed by atoms with Crippen LogP contribution in [0.4, 0.5) is 0 Å². The lowest BCUT2D eigenvalue weighted by molar-refractivity contribution is 0.0509. The number of hydrogen-bond donors (Lipinski definition) is 1. The van der Waals surface area contributed by atoms with Gasteiger partial charge in [-0.15, -0.1) is 0 Å². The van der Waals surface area contributed by atoms with Crippen molar-refractivity contribution in [1.29, 1.82) is 0 Å². The van der Waals surface area contributed by atoms with Crippen LogP contribution in [-0.2, 0) is 14.2 Å². The highest BCUT2D eigenvalue weighted by Gasteiger charge is 1.93. The minimum absolute atomic E-state index is 0.583. The van der Waals surface area contributed by atoms with Crippen LogP contribution in [0.15, 0.2) is 0 Å². The first-order valence-corrected chi connectivity index (χ1v) is 6.65. The molecule has 0 aliphatic rings. The Hall–Kier alpha value is -0.160. The molecule has 0 aliphatic heterocycles. The van der Waals surface area contributed by atoms with E-state index in [9.17, 15) is 0 Å². The molecule has 0 unspecified atom stereocenters. The Bertz CT molecular complexity index is 143. The van der Waals surface area contributed by atoms with Crippen LogP contribution < -0.4 is 5.32 Å². The van der Waals surface area contributed by atoms with Gasteiger partial charge in [-0.1, -0.05) is 13.8 Å². The molecule has 1 N–H and O–H groups in total. The molecule has 4 nitrogen and oxygen atoms in total. The van der Waals surface area contributed by atoms with E-state index < -0.39 is 0 Å². The predicted octanol–water partition coefficient (Wildman–Crippen LogP) is 1.83. The SMILES string of the molecule is COCCOCCCOCCCCNC(C)C. The zero-order valence-corrected chi connectivity index (χ0v) is 11.7. The average Bonchev–Trinajstić information content (AvgIpc) is 2.30. The van der Waals surface area contributed by atoms with Crippen LogP contribution in [0, 0.1) is 0 Å². The van der Waals surface area contributed by atoms with Crippen LogP contribution in [0.1, 0.15) is 33.1 Å². The summed E-state index contributed by atoms with van der Waals surface area (Å²) in [5, 5.41) is 3.39. The van der Waals surface area contributed by atoms with Gasteiger partial charge in [-0.2, -0.15) is 0 Å². The van der Waals surface area contributed by atoms with Gasteiger partial charge in [-0.05, 0) is 25.8 Å². The lowest BCUT2D eigenvalue weighted by Gasteiger charge is -2.08. The quantitative estimate of drug-likeness (QED) is 0.504. The van der Waals surface area contributed by atoms with Crippen molar-refractivity contribution < 1.29 is 14.2 Å². The molecule has 0 saturated heterocycles. The van der Waals surface area contributed by atoms with E-state index in [4.69, 9.17) is 14.2 Å². The van der Waals surface area contributed by atoms with Crippen molar-refractivity contribution in [3.63, 3.8) is 0 Å². The Balaban J connectivity index is 2.89. The van der Waals surface area contributed by atoms with Gasteiger partial charge < -0.3 is 19.5 Å². The van der Waals surface area contributed by atoms with Crippen LogP contribution >= 0.6 is 0 Å². The third-order valence-corrected chi connectivity index (χ3v) is 2.28. The molecule has 0 fully saturated rings. The van der Waals surface area contributed by atoms with Crippen LogP contribution in [0.25, 0.3) is 0 Å². The molecule has 0 rings (SSSR count). The maximum atomic E-state index is 5.51. The van der Waals surface area contributed by atoms with Gasteiger partial charge in [0.25, 0.3) is 0 Å². The Morgan fingerprint density at radius 3 is 2.12 bits per heavy atom. The molecular weight excluding hydrogens is 218 g/mol. The molecule has 0 saturated carbocycles. The Morgan fingerprint density at radius 2 is 1.47 bits per heavy atom. The summed E-state index contributed by atoms with van der Waals surface area (Å²) in [6, 6.07) is 0.583. The van der Waals surface area contributed by atoms with Gasteiger partial charge in [-0.3, -0.25) is 0 Å². The second-order valence-corrected chi connectivity index (χ2v) is 4.39. The average molecular weight is 247 g/mol. The first kappa shape index (κ1) is 16.8. The zero-order chi connectivity index (χ0) is 12.8. The smallest absolute Gasteiger partial charge is 0.0700 e. The number of methoxy groups -OCH3 is 1. The zero-order valence-electron chi connectivity index (χ0n) is 11.7. The van der Waals surface area contributed by atoms with Gasteiger partial charge >= 0.3 is 0 Å². The summed E-state index contributed by atoms with van der Waals surface area (Å²) < 4.78 is 15.7. The summed E-state index contributed by atoms with van der Waals surface area (Å²) in [6.45, 7) is 9.18. The van der Waals surface area contributed by atoms with Crippen molar-refractivity contribution in [2.45, 2.75) is 39.2 Å². The Morgan fingerprint density at radius 1 is 0.824 bits per heavy atom. The molecule has 0 aromatic carbocycles. The summed E-state index contributed by atoms with van der Waals surface area (Å²) in [7, 11) is 1.68. The summed E-state index contributed by atoms with van der Waals surface area (Å²) in [5.41, 5.74) is 0. The maximum absolute atomic E-state index is 5.51. The standard InChI is InChI=1S/C13H29NO3/c1-13(2)14-7-4-5-8-16-9-6-10-17-12-11-15-3/h13-14H,4-12H2,1-3H3. The van der Waals surface area contributed by atoms with Gasteiger partial charge in [-0.25, -0.2) is 0 Å². The minimum Gasteiger partial charge on any atom is -0.382 e. The molecule has 0 aromatic heterocycles. The van der Waals surface area contributed by atoms with Crippen LogP contribution in [0.2, 0.25) is 0 Å². The molecule has 0 bridgehead atoms. The number of rotatable bonds is 13. The van der Waals surface area contributed by atoms with Crippen molar-refractivity contribution >= 4 is 0 Å². The normalized spacial score (nSPS) is 11.3. The largest absolute Gasteiger partial charge is 0.382 e. The lowest BCUT2D eigenvalue weighted by Crippen LogP contribution is -2.23. The lowest BCUT2D eigenvalue weighted by atomic mass is 10.3. The first-order valence-electron chi connectivity index (χ1n) is 6.65. The minimum atomic E-state index is 0.583. The van der Waals surface area contributed by atoms with Gasteiger partial charge in [0.05, 0.1) is 13.2 Å². The molecule has 104 valence electrons. The highest BCUT2D eigenvalue weighted by Crippen LogP contribution is 1.92. The van der Waals surface area contributed by atoms with E-state index in [2.05, 4.69) is 19.2 Å². The monoisotopic (exact) mass is 247 g/mol. The fourth-order valence-corrected chi connectivity index (χ4v) is 1.33. The van der Waals surface area contributed by atoms with Crippen LogP contribution in [0.3, 0.4) is 0 Å². The van der Waals surface area contributed by atoms with E-state index in [0.29, 0.717) is 19.3 Å². The molecule has 0 aliphatic carbocycles. The third kappa shape index (κ3) is 15.8.